The van der Waals surface area contributed by atoms with E-state index in [2.05, 4.69) is 20.5 Å². The lowest BCUT2D eigenvalue weighted by atomic mass is 10.0. The smallest absolute Gasteiger partial charge is 0.253 e. The molecule has 0 amide bonds. The van der Waals surface area contributed by atoms with Crippen molar-refractivity contribution in [2.75, 3.05) is 41.7 Å². The normalized spacial score (nSPS) is 15.8. The second kappa shape index (κ2) is 11.0. The van der Waals surface area contributed by atoms with E-state index in [1.54, 1.807) is 30.6 Å². The van der Waals surface area contributed by atoms with Gasteiger partial charge in [0.05, 0.1) is 11.7 Å². The van der Waals surface area contributed by atoms with E-state index in [0.717, 1.165) is 24.3 Å². The van der Waals surface area contributed by atoms with E-state index in [9.17, 15) is 19.8 Å². The van der Waals surface area contributed by atoms with E-state index in [0.29, 0.717) is 25.1 Å². The molecule has 4 aromatic rings. The number of phenols is 1. The number of pyridine rings is 1. The molecular formula is C29H31N5O4. The lowest BCUT2D eigenvalue weighted by Crippen LogP contribution is -2.47. The summed E-state index contributed by atoms with van der Waals surface area (Å²) in [6.45, 7) is 4.64. The van der Waals surface area contributed by atoms with Crippen LogP contribution >= 0.6 is 0 Å². The van der Waals surface area contributed by atoms with Crippen LogP contribution in [0.1, 0.15) is 36.7 Å². The molecule has 1 unspecified atom stereocenters. The van der Waals surface area contributed by atoms with Gasteiger partial charge < -0.3 is 25.7 Å². The molecule has 0 radical (unpaired) electrons. The minimum Gasteiger partial charge on any atom is -0.505 e. The van der Waals surface area contributed by atoms with Crippen LogP contribution in [0.3, 0.4) is 0 Å². The highest BCUT2D eigenvalue weighted by Gasteiger charge is 2.28. The lowest BCUT2D eigenvalue weighted by molar-refractivity contribution is -0.00305. The van der Waals surface area contributed by atoms with Crippen molar-refractivity contribution >= 4 is 22.7 Å². The van der Waals surface area contributed by atoms with Gasteiger partial charge in [0.1, 0.15) is 23.4 Å². The van der Waals surface area contributed by atoms with Crippen molar-refractivity contribution < 1.29 is 10.2 Å². The maximum Gasteiger partial charge on any atom is 0.253 e. The number of piperazine rings is 1. The number of aliphatic hydroxyl groups excluding tert-OH is 1. The third-order valence-corrected chi connectivity index (χ3v) is 7.13. The van der Waals surface area contributed by atoms with Gasteiger partial charge in [-0.1, -0.05) is 49.4 Å². The molecule has 0 saturated carbocycles. The van der Waals surface area contributed by atoms with Crippen LogP contribution in [0, 0.1) is 0 Å². The quantitative estimate of drug-likeness (QED) is 0.197. The SMILES string of the molecule is CC[C@@H](Nc1c(Nc2cccc(C(O)N3CCN(c4ccncc4)CC3)c2O)c(=O)c1=O)c1ccccc1. The Morgan fingerprint density at radius 3 is 2.26 bits per heavy atom. The topological polar surface area (TPSA) is 118 Å². The summed E-state index contributed by atoms with van der Waals surface area (Å²) in [5.41, 5.74) is 1.73. The highest BCUT2D eigenvalue weighted by atomic mass is 16.3. The number of nitrogens with zero attached hydrogens (tertiary/aromatic N) is 3. The fourth-order valence-corrected chi connectivity index (χ4v) is 4.91. The van der Waals surface area contributed by atoms with Crippen LogP contribution in [0.4, 0.5) is 22.7 Å². The Kier molecular flexibility index (Phi) is 7.39. The number of nitrogens with one attached hydrogen (secondary N) is 2. The largest absolute Gasteiger partial charge is 0.505 e. The first kappa shape index (κ1) is 25.4. The standard InChI is InChI=1S/C29H31N5O4/c1-2-22(19-7-4-3-5-8-19)31-24-25(28(37)27(24)36)32-23-10-6-9-21(26(23)35)29(38)34-17-15-33(16-18-34)20-11-13-30-14-12-20/h3-14,22,29,31-32,35,38H,2,15-18H2,1H3/t22-,29?/m1/s1. The van der Waals surface area contributed by atoms with E-state index < -0.39 is 17.1 Å². The maximum atomic E-state index is 12.5. The van der Waals surface area contributed by atoms with E-state index in [4.69, 9.17) is 0 Å². The average Bonchev–Trinajstić information content (AvgIpc) is 2.98. The van der Waals surface area contributed by atoms with Crippen LogP contribution in [-0.2, 0) is 0 Å². The number of benzene rings is 2. The van der Waals surface area contributed by atoms with Crippen molar-refractivity contribution in [3.8, 4) is 5.75 Å². The van der Waals surface area contributed by atoms with Gasteiger partial charge in [0.15, 0.2) is 0 Å². The fourth-order valence-electron chi connectivity index (χ4n) is 4.91. The number of anilines is 4. The molecular weight excluding hydrogens is 482 g/mol. The van der Waals surface area contributed by atoms with Crippen molar-refractivity contribution in [2.24, 2.45) is 0 Å². The number of hydrogen-bond acceptors (Lipinski definition) is 9. The molecule has 0 spiro atoms. The molecule has 38 heavy (non-hydrogen) atoms. The van der Waals surface area contributed by atoms with Gasteiger partial charge in [0.2, 0.25) is 0 Å². The predicted octanol–water partition coefficient (Wildman–Crippen LogP) is 3.50. The molecule has 4 N–H and O–H groups in total. The lowest BCUT2D eigenvalue weighted by Gasteiger charge is -2.38. The fraction of sp³-hybridized carbons (Fsp3) is 0.276. The molecule has 0 bridgehead atoms. The van der Waals surface area contributed by atoms with Crippen LogP contribution < -0.4 is 26.4 Å². The second-order valence-corrected chi connectivity index (χ2v) is 9.39. The van der Waals surface area contributed by atoms with Crippen molar-refractivity contribution in [3.63, 3.8) is 0 Å². The Bertz CT molecular complexity index is 1450. The summed E-state index contributed by atoms with van der Waals surface area (Å²) in [6, 6.07) is 18.4. The molecule has 196 valence electrons. The first-order valence-corrected chi connectivity index (χ1v) is 12.8. The summed E-state index contributed by atoms with van der Waals surface area (Å²) in [4.78, 5) is 33.0. The van der Waals surface area contributed by atoms with Crippen molar-refractivity contribution in [3.05, 3.63) is 105 Å². The number of rotatable bonds is 9. The molecule has 0 aliphatic carbocycles. The number of aromatic nitrogens is 1. The first-order valence-electron chi connectivity index (χ1n) is 12.8. The molecule has 5 rings (SSSR count). The summed E-state index contributed by atoms with van der Waals surface area (Å²) in [7, 11) is 0. The minimum absolute atomic E-state index is 0.109. The predicted molar refractivity (Wildman–Crippen MR) is 149 cm³/mol. The Hall–Kier alpha value is -4.21. The summed E-state index contributed by atoms with van der Waals surface area (Å²) < 4.78 is 0. The number of aliphatic hydroxyl groups is 1. The van der Waals surface area contributed by atoms with Crippen LogP contribution in [0.5, 0.6) is 5.75 Å². The Morgan fingerprint density at radius 1 is 0.895 bits per heavy atom. The van der Waals surface area contributed by atoms with E-state index >= 15 is 0 Å². The molecule has 1 aliphatic heterocycles. The van der Waals surface area contributed by atoms with Gasteiger partial charge in [-0.3, -0.25) is 19.5 Å². The molecule has 1 aromatic heterocycles. The van der Waals surface area contributed by atoms with Crippen LogP contribution in [0.25, 0.3) is 0 Å². The summed E-state index contributed by atoms with van der Waals surface area (Å²) in [5, 5.41) is 28.3. The van der Waals surface area contributed by atoms with E-state index in [-0.39, 0.29) is 28.9 Å². The minimum atomic E-state index is -1.02. The highest BCUT2D eigenvalue weighted by molar-refractivity contribution is 5.81. The van der Waals surface area contributed by atoms with Crippen molar-refractivity contribution in [2.45, 2.75) is 25.6 Å². The number of phenolic OH excluding ortho intramolecular Hbond substituents is 1. The Labute approximate surface area is 220 Å². The molecule has 3 aromatic carbocycles. The van der Waals surface area contributed by atoms with Gasteiger partial charge in [-0.2, -0.15) is 0 Å². The molecule has 1 aliphatic rings. The molecule has 2 atom stereocenters. The number of para-hydroxylation sites is 1. The highest BCUT2D eigenvalue weighted by Crippen LogP contribution is 2.36. The van der Waals surface area contributed by atoms with Crippen molar-refractivity contribution in [1.82, 2.24) is 9.88 Å². The summed E-state index contributed by atoms with van der Waals surface area (Å²) >= 11 is 0. The monoisotopic (exact) mass is 513 g/mol. The van der Waals surface area contributed by atoms with Gasteiger partial charge in [-0.15, -0.1) is 0 Å². The van der Waals surface area contributed by atoms with Gasteiger partial charge in [0.25, 0.3) is 10.9 Å². The third kappa shape index (κ3) is 4.98. The zero-order valence-electron chi connectivity index (χ0n) is 21.2. The van der Waals surface area contributed by atoms with E-state index in [1.165, 1.54) is 0 Å². The Balaban J connectivity index is 1.30. The van der Waals surface area contributed by atoms with Gasteiger partial charge >= 0.3 is 0 Å². The van der Waals surface area contributed by atoms with Crippen LogP contribution in [-0.4, -0.2) is 46.3 Å². The summed E-state index contributed by atoms with van der Waals surface area (Å²) in [5.74, 6) is -0.161. The van der Waals surface area contributed by atoms with E-state index in [1.807, 2.05) is 54.3 Å². The molecule has 2 heterocycles. The zero-order valence-corrected chi connectivity index (χ0v) is 21.2. The number of hydrogen-bond donors (Lipinski definition) is 4. The van der Waals surface area contributed by atoms with Crippen LogP contribution in [0.2, 0.25) is 0 Å². The van der Waals surface area contributed by atoms with Gasteiger partial charge in [-0.05, 0) is 30.2 Å². The second-order valence-electron chi connectivity index (χ2n) is 9.39. The van der Waals surface area contributed by atoms with Gasteiger partial charge in [0, 0.05) is 49.8 Å². The summed E-state index contributed by atoms with van der Waals surface area (Å²) in [6.07, 6.45) is 3.20. The van der Waals surface area contributed by atoms with Crippen LogP contribution in [0.15, 0.2) is 82.6 Å². The third-order valence-electron chi connectivity index (χ3n) is 7.13. The van der Waals surface area contributed by atoms with Crippen molar-refractivity contribution in [1.29, 1.82) is 0 Å². The molecule has 9 nitrogen and oxygen atoms in total. The maximum absolute atomic E-state index is 12.5. The molecule has 1 fully saturated rings. The molecule has 1 saturated heterocycles. The molecule has 9 heteroatoms. The van der Waals surface area contributed by atoms with Gasteiger partial charge in [-0.25, -0.2) is 0 Å². The first-order chi connectivity index (χ1) is 18.5. The Morgan fingerprint density at radius 2 is 1.58 bits per heavy atom. The average molecular weight is 514 g/mol. The zero-order chi connectivity index (χ0) is 26.6. The number of aromatic hydroxyl groups is 1.